The fourth-order valence-electron chi connectivity index (χ4n) is 3.64. The van der Waals surface area contributed by atoms with Crippen LogP contribution in [-0.4, -0.2) is 31.6 Å². The number of carbonyl (C=O) groups is 2. The van der Waals surface area contributed by atoms with Crippen LogP contribution in [0.5, 0.6) is 17.2 Å². The van der Waals surface area contributed by atoms with Gasteiger partial charge in [-0.1, -0.05) is 25.5 Å². The van der Waals surface area contributed by atoms with Gasteiger partial charge in [0, 0.05) is 5.56 Å². The minimum absolute atomic E-state index is 0.129. The minimum atomic E-state index is -0.453. The van der Waals surface area contributed by atoms with Gasteiger partial charge in [0.25, 0.3) is 5.91 Å². The first kappa shape index (κ1) is 23.6. The quantitative estimate of drug-likeness (QED) is 0.469. The molecule has 0 heterocycles. The van der Waals surface area contributed by atoms with Crippen molar-refractivity contribution in [2.45, 2.75) is 48.5 Å². The van der Waals surface area contributed by atoms with Gasteiger partial charge in [0.2, 0.25) is 11.7 Å². The molecule has 1 fully saturated rings. The Morgan fingerprint density at radius 1 is 0.967 bits per heavy atom. The maximum Gasteiger partial charge on any atom is 0.269 e. The maximum absolute atomic E-state index is 12.7. The molecule has 0 radical (unpaired) electrons. The van der Waals surface area contributed by atoms with Crippen LogP contribution in [0.25, 0.3) is 0 Å². The van der Waals surface area contributed by atoms with Crippen molar-refractivity contribution in [1.29, 1.82) is 0 Å². The summed E-state index contributed by atoms with van der Waals surface area (Å²) in [5, 5.41) is 0. The van der Waals surface area contributed by atoms with Crippen molar-refractivity contribution in [1.82, 2.24) is 10.9 Å². The number of nitrogens with one attached hydrogen (secondary N) is 2. The van der Waals surface area contributed by atoms with Crippen LogP contribution >= 0.6 is 0 Å². The molecule has 2 amide bonds. The summed E-state index contributed by atoms with van der Waals surface area (Å²) in [6.45, 7) is 15.0. The Morgan fingerprint density at radius 3 is 1.97 bits per heavy atom. The minimum Gasteiger partial charge on any atom is -0.490 e. The molecule has 2 rings (SSSR count). The number of carbonyl (C=O) groups excluding carboxylic acids is 2. The molecule has 7 nitrogen and oxygen atoms in total. The number of hydrazine groups is 1. The third-order valence-corrected chi connectivity index (χ3v) is 5.18. The van der Waals surface area contributed by atoms with E-state index in [1.807, 2.05) is 34.6 Å². The first-order valence-electron chi connectivity index (χ1n) is 10.5. The molecule has 2 unspecified atom stereocenters. The van der Waals surface area contributed by atoms with E-state index in [2.05, 4.69) is 30.8 Å². The number of ether oxygens (including phenoxy) is 3. The number of hydrogen-bond acceptors (Lipinski definition) is 5. The molecule has 0 aliphatic heterocycles. The molecule has 30 heavy (non-hydrogen) atoms. The second-order valence-electron chi connectivity index (χ2n) is 8.11. The first-order valence-corrected chi connectivity index (χ1v) is 10.5. The Kier molecular flexibility index (Phi) is 7.76. The molecule has 1 aromatic carbocycles. The Morgan fingerprint density at radius 2 is 1.50 bits per heavy atom. The lowest BCUT2D eigenvalue weighted by Crippen LogP contribution is -2.43. The van der Waals surface area contributed by atoms with Crippen LogP contribution in [0.2, 0.25) is 0 Å². The van der Waals surface area contributed by atoms with E-state index in [1.54, 1.807) is 12.1 Å². The lowest BCUT2D eigenvalue weighted by molar-refractivity contribution is -0.123. The molecule has 1 aliphatic rings. The molecule has 166 valence electrons. The highest BCUT2D eigenvalue weighted by Gasteiger charge is 2.60. The summed E-state index contributed by atoms with van der Waals surface area (Å²) in [5.74, 6) is 0.654. The number of hydrogen-bond donors (Lipinski definition) is 2. The van der Waals surface area contributed by atoms with Crippen molar-refractivity contribution in [2.75, 3.05) is 19.8 Å². The maximum atomic E-state index is 12.7. The lowest BCUT2D eigenvalue weighted by Gasteiger charge is -2.17. The zero-order valence-corrected chi connectivity index (χ0v) is 19.0. The summed E-state index contributed by atoms with van der Waals surface area (Å²) in [4.78, 5) is 25.3. The van der Waals surface area contributed by atoms with Crippen LogP contribution in [-0.2, 0) is 4.79 Å². The molecular formula is C23H34N2O5. The molecule has 0 spiro atoms. The fourth-order valence-corrected chi connectivity index (χ4v) is 3.64. The van der Waals surface area contributed by atoms with Gasteiger partial charge < -0.3 is 14.2 Å². The second kappa shape index (κ2) is 9.87. The van der Waals surface area contributed by atoms with E-state index in [1.165, 1.54) is 5.57 Å². The normalized spacial score (nSPS) is 18.8. The average Bonchev–Trinajstić information content (AvgIpc) is 3.21. The van der Waals surface area contributed by atoms with Gasteiger partial charge in [-0.15, -0.1) is 0 Å². The molecule has 7 heteroatoms. The summed E-state index contributed by atoms with van der Waals surface area (Å²) in [5.41, 5.74) is 6.43. The van der Waals surface area contributed by atoms with Gasteiger partial charge >= 0.3 is 0 Å². The number of rotatable bonds is 9. The Bertz CT molecular complexity index is 785. The van der Waals surface area contributed by atoms with E-state index in [0.29, 0.717) is 42.6 Å². The number of amides is 2. The first-order chi connectivity index (χ1) is 14.2. The molecule has 0 aromatic heterocycles. The van der Waals surface area contributed by atoms with E-state index in [4.69, 9.17) is 14.2 Å². The summed E-state index contributed by atoms with van der Waals surface area (Å²) < 4.78 is 16.9. The Hall–Kier alpha value is -2.70. The van der Waals surface area contributed by atoms with E-state index in [0.717, 1.165) is 0 Å². The highest BCUT2D eigenvalue weighted by molar-refractivity contribution is 5.97. The van der Waals surface area contributed by atoms with E-state index >= 15 is 0 Å². The zero-order valence-electron chi connectivity index (χ0n) is 19.0. The Labute approximate surface area is 179 Å². The van der Waals surface area contributed by atoms with Crippen LogP contribution in [0, 0.1) is 17.3 Å². The van der Waals surface area contributed by atoms with Crippen molar-refractivity contribution in [2.24, 2.45) is 17.3 Å². The monoisotopic (exact) mass is 418 g/mol. The van der Waals surface area contributed by atoms with Crippen molar-refractivity contribution in [3.63, 3.8) is 0 Å². The largest absolute Gasteiger partial charge is 0.490 e. The van der Waals surface area contributed by atoms with E-state index in [9.17, 15) is 9.59 Å². The predicted molar refractivity (Wildman–Crippen MR) is 116 cm³/mol. The molecule has 1 aliphatic carbocycles. The molecule has 2 N–H and O–H groups in total. The standard InChI is InChI=1S/C23H34N2O5/c1-8-28-17-12-15(13-18(29-9-2)20(17)30-10-3)21(26)24-25-22(27)19-16(11-14(4)5)23(19,6)7/h11-13,16,19H,8-10H2,1-7H3,(H,24,26)(H,25,27). The van der Waals surface area contributed by atoms with Gasteiger partial charge in [0.05, 0.1) is 25.7 Å². The number of allylic oxidation sites excluding steroid dienone is 2. The fraction of sp³-hybridized carbons (Fsp3) is 0.565. The van der Waals surface area contributed by atoms with Crippen LogP contribution in [0.1, 0.15) is 58.8 Å². The summed E-state index contributed by atoms with van der Waals surface area (Å²) >= 11 is 0. The highest BCUT2D eigenvalue weighted by atomic mass is 16.5. The van der Waals surface area contributed by atoms with Gasteiger partial charge in [-0.3, -0.25) is 20.4 Å². The van der Waals surface area contributed by atoms with Gasteiger partial charge in [-0.05, 0) is 58.1 Å². The van der Waals surface area contributed by atoms with Crippen LogP contribution in [0.3, 0.4) is 0 Å². The molecule has 1 aromatic rings. The molecule has 0 saturated heterocycles. The smallest absolute Gasteiger partial charge is 0.269 e. The lowest BCUT2D eigenvalue weighted by atomic mass is 10.1. The molecular weight excluding hydrogens is 384 g/mol. The van der Waals surface area contributed by atoms with Crippen LogP contribution < -0.4 is 25.1 Å². The average molecular weight is 419 g/mol. The SMILES string of the molecule is CCOc1cc(C(=O)NNC(=O)C2C(C=C(C)C)C2(C)C)cc(OCC)c1OCC. The topological polar surface area (TPSA) is 85.9 Å². The Balaban J connectivity index is 2.14. The summed E-state index contributed by atoms with van der Waals surface area (Å²) in [7, 11) is 0. The predicted octanol–water partition coefficient (Wildman–Crippen LogP) is 3.88. The van der Waals surface area contributed by atoms with Crippen LogP contribution in [0.15, 0.2) is 23.8 Å². The third-order valence-electron chi connectivity index (χ3n) is 5.18. The third kappa shape index (κ3) is 5.26. The number of benzene rings is 1. The second-order valence-corrected chi connectivity index (χ2v) is 8.11. The van der Waals surface area contributed by atoms with Crippen molar-refractivity contribution in [3.8, 4) is 17.2 Å². The van der Waals surface area contributed by atoms with Crippen molar-refractivity contribution >= 4 is 11.8 Å². The van der Waals surface area contributed by atoms with Gasteiger partial charge in [-0.25, -0.2) is 0 Å². The molecule has 2 atom stereocenters. The van der Waals surface area contributed by atoms with Crippen LogP contribution in [0.4, 0.5) is 0 Å². The van der Waals surface area contributed by atoms with Gasteiger partial charge in [0.15, 0.2) is 11.5 Å². The zero-order chi connectivity index (χ0) is 22.5. The molecule has 1 saturated carbocycles. The molecule has 0 bridgehead atoms. The van der Waals surface area contributed by atoms with E-state index in [-0.39, 0.29) is 23.2 Å². The van der Waals surface area contributed by atoms with Crippen molar-refractivity contribution in [3.05, 3.63) is 29.3 Å². The summed E-state index contributed by atoms with van der Waals surface area (Å²) in [6, 6.07) is 3.18. The van der Waals surface area contributed by atoms with Gasteiger partial charge in [-0.2, -0.15) is 0 Å². The van der Waals surface area contributed by atoms with Crippen molar-refractivity contribution < 1.29 is 23.8 Å². The summed E-state index contributed by atoms with van der Waals surface area (Å²) in [6.07, 6.45) is 2.11. The highest BCUT2D eigenvalue weighted by Crippen LogP contribution is 2.59. The van der Waals surface area contributed by atoms with Gasteiger partial charge in [0.1, 0.15) is 0 Å². The van der Waals surface area contributed by atoms with E-state index < -0.39 is 5.91 Å².